The summed E-state index contributed by atoms with van der Waals surface area (Å²) in [5, 5.41) is 23.6. The molecule has 0 fully saturated rings. The minimum atomic E-state index is -1.95. The van der Waals surface area contributed by atoms with Gasteiger partial charge in [-0.25, -0.2) is 24.2 Å². The minimum Gasteiger partial charge on any atom is -0.458 e. The average Bonchev–Trinajstić information content (AvgIpc) is 3.87. The Morgan fingerprint density at radius 2 is 1.62 bits per heavy atom. The number of fused-ring (bicyclic) bond motifs is 5. The van der Waals surface area contributed by atoms with E-state index in [0.29, 0.717) is 52.7 Å². The molecule has 0 radical (unpaired) electrons. The number of amides is 7. The van der Waals surface area contributed by atoms with E-state index in [0.717, 1.165) is 16.5 Å². The molecular weight excluding hydrogens is 1180 g/mol. The molecule has 2 aromatic carbocycles. The van der Waals surface area contributed by atoms with Gasteiger partial charge >= 0.3 is 240 Å². The van der Waals surface area contributed by atoms with Gasteiger partial charge < -0.3 is 39.4 Å². The number of carbonyl (C=O) groups is 8. The molecule has 81 heavy (non-hydrogen) atoms. The number of carbonyl (C=O) groups excluding carboxylic acids is 8. The number of nitrogens with two attached hydrogens (primary N) is 1. The number of anilines is 1. The Labute approximate surface area is 482 Å². The Morgan fingerprint density at radius 1 is 0.926 bits per heavy atom. The molecule has 4 aromatic rings. The number of Topliss-reactive ketones (excluding diaryl/α,β-unsaturated/α-hetero) is 1. The van der Waals surface area contributed by atoms with Crippen molar-refractivity contribution in [3.63, 3.8) is 0 Å². The van der Waals surface area contributed by atoms with Crippen molar-refractivity contribution < 1.29 is 57.7 Å². The average molecular weight is 1250 g/mol. The van der Waals surface area contributed by atoms with Crippen molar-refractivity contribution in [2.45, 2.75) is 141 Å². The normalized spacial score (nSPS) is 15.1. The first-order valence-electron chi connectivity index (χ1n) is 27.1. The molecule has 0 saturated heterocycles. The van der Waals surface area contributed by atoms with Gasteiger partial charge in [-0.15, -0.1) is 0 Å². The molecule has 3 atom stereocenters. The number of likely N-dealkylation sites (N-methyl/N-ethyl adjacent to an activating group) is 2. The van der Waals surface area contributed by atoms with Crippen molar-refractivity contribution in [3.8, 4) is 17.1 Å². The number of aromatic nitrogens is 2. The topological polar surface area (TPSA) is 300 Å². The number of hydrogen-bond acceptors (Lipinski definition) is 14. The molecule has 4 heterocycles. The van der Waals surface area contributed by atoms with Gasteiger partial charge in [0, 0.05) is 43.7 Å². The van der Waals surface area contributed by atoms with E-state index in [4.69, 9.17) is 24.9 Å². The SMILES string of the molecule is CCc1c2c(nc3ccc(OC(=O)N(C)CCN(C)C(=O)OCc4ccc(NC(=O)[C@H](CCCNC(N)=O)NC(=O)[C@@H](NC(=O)CC[Se][Se]C(C)(C)CC(=O)C(C)C)C(C)C)cc4)cc13)-c1cc3c(c(=O)n1C2)COC(=O)[C@]3(O)CC. The molecule has 2 aliphatic heterocycles. The Morgan fingerprint density at radius 3 is 2.26 bits per heavy atom. The zero-order valence-corrected chi connectivity index (χ0v) is 51.1. The molecule has 0 bridgehead atoms. The monoisotopic (exact) mass is 1250 g/mol. The molecular formula is C57H75N9O13Se2. The third kappa shape index (κ3) is 16.0. The van der Waals surface area contributed by atoms with Gasteiger partial charge in [0.25, 0.3) is 5.56 Å². The van der Waals surface area contributed by atoms with Gasteiger partial charge in [-0.2, -0.15) is 0 Å². The van der Waals surface area contributed by atoms with Gasteiger partial charge in [-0.1, -0.05) is 26.0 Å². The predicted molar refractivity (Wildman–Crippen MR) is 305 cm³/mol. The van der Waals surface area contributed by atoms with Crippen molar-refractivity contribution in [1.29, 1.82) is 0 Å². The molecule has 22 nitrogen and oxygen atoms in total. The first kappa shape index (κ1) is 63.3. The quantitative estimate of drug-likeness (QED) is 0.0233. The molecule has 2 aliphatic rings. The first-order valence-corrected chi connectivity index (χ1v) is 33.5. The number of esters is 1. The number of aryl methyl sites for hydroxylation is 1. The van der Waals surface area contributed by atoms with Crippen LogP contribution in [0.25, 0.3) is 22.3 Å². The van der Waals surface area contributed by atoms with E-state index in [1.54, 1.807) is 73.9 Å². The summed E-state index contributed by atoms with van der Waals surface area (Å²) in [7, 11) is 3.07. The number of aliphatic hydroxyl groups is 1. The summed E-state index contributed by atoms with van der Waals surface area (Å²) < 4.78 is 18.0. The summed E-state index contributed by atoms with van der Waals surface area (Å²) in [5.41, 5.74) is 7.75. The molecule has 438 valence electrons. The fourth-order valence-electron chi connectivity index (χ4n) is 9.26. The van der Waals surface area contributed by atoms with E-state index in [1.165, 1.54) is 23.9 Å². The molecule has 0 aliphatic carbocycles. The van der Waals surface area contributed by atoms with Crippen molar-refractivity contribution in [2.24, 2.45) is 17.6 Å². The zero-order valence-electron chi connectivity index (χ0n) is 47.6. The Hall–Kier alpha value is -6.84. The second kappa shape index (κ2) is 27.8. The standard InChI is InChI=1S/C57H75N9O13Se2/c1-11-37-38-26-36(19-20-42(38)61-48-39(37)29-66-44(48)27-41-40(51(66)71)31-77-52(72)57(41,76)12-2)79-55(75)65(10)24-23-64(9)54(74)78-30-34-15-17-35(18-16-34)60-49(69)43(14-13-22-59-53(58)73)62-50(70)47(33(5)6)63-46(68)21-25-80-81-56(7,8)28-45(67)32(3)4/h15-20,26-27,32-33,43,47,76H,11-14,21-25,28-31H2,1-10H3,(H,60,69)(H,62,70)(H,63,68)(H3,58,59,73)/t43-,47-,57-/m0/s1. The Kier molecular flexibility index (Phi) is 21.7. The maximum absolute atomic E-state index is 13.7. The van der Waals surface area contributed by atoms with Crippen molar-refractivity contribution >= 4 is 90.5 Å². The summed E-state index contributed by atoms with van der Waals surface area (Å²) in [6.07, 6.45) is 0.457. The van der Waals surface area contributed by atoms with E-state index in [2.05, 4.69) is 35.1 Å². The molecule has 7 N–H and O–H groups in total. The van der Waals surface area contributed by atoms with Gasteiger partial charge in [0.1, 0.15) is 19.0 Å². The number of rotatable bonds is 26. The third-order valence-electron chi connectivity index (χ3n) is 14.1. The molecule has 2 aromatic heterocycles. The van der Waals surface area contributed by atoms with Crippen LogP contribution in [0.5, 0.6) is 5.75 Å². The summed E-state index contributed by atoms with van der Waals surface area (Å²) in [4.78, 5) is 124. The van der Waals surface area contributed by atoms with Crippen LogP contribution in [0.2, 0.25) is 9.63 Å². The molecule has 6 rings (SSSR count). The van der Waals surface area contributed by atoms with E-state index < -0.39 is 53.7 Å². The summed E-state index contributed by atoms with van der Waals surface area (Å²) in [5.74, 6) is -1.97. The van der Waals surface area contributed by atoms with Crippen LogP contribution in [0.3, 0.4) is 0 Å². The van der Waals surface area contributed by atoms with Crippen molar-refractivity contribution in [1.82, 2.24) is 35.3 Å². The Bertz CT molecular complexity index is 3090. The van der Waals surface area contributed by atoms with Crippen LogP contribution in [-0.2, 0) is 65.2 Å². The molecule has 0 spiro atoms. The second-order valence-electron chi connectivity index (χ2n) is 21.5. The summed E-state index contributed by atoms with van der Waals surface area (Å²) in [6.45, 7) is 15.4. The number of ketones is 1. The smallest absolute Gasteiger partial charge is 0.458 e. The van der Waals surface area contributed by atoms with Gasteiger partial charge in [0.2, 0.25) is 0 Å². The fraction of sp³-hybridized carbons (Fsp3) is 0.509. The predicted octanol–water partition coefficient (Wildman–Crippen LogP) is 5.30. The van der Waals surface area contributed by atoms with Crippen LogP contribution in [0.4, 0.5) is 20.1 Å². The van der Waals surface area contributed by atoms with E-state index in [9.17, 15) is 48.3 Å². The third-order valence-corrected chi connectivity index (χ3v) is 24.4. The van der Waals surface area contributed by atoms with E-state index >= 15 is 0 Å². The van der Waals surface area contributed by atoms with E-state index in [1.807, 2.05) is 20.8 Å². The second-order valence-corrected chi connectivity index (χ2v) is 29.9. The first-order chi connectivity index (χ1) is 38.3. The van der Waals surface area contributed by atoms with Gasteiger partial charge in [-0.05, 0) is 48.2 Å². The summed E-state index contributed by atoms with van der Waals surface area (Å²) in [6, 6.07) is 10.6. The number of nitrogens with zero attached hydrogens (tertiary/aromatic N) is 4. The van der Waals surface area contributed by atoms with Crippen LogP contribution in [-0.4, -0.2) is 144 Å². The van der Waals surface area contributed by atoms with Gasteiger partial charge in [0.15, 0.2) is 5.60 Å². The van der Waals surface area contributed by atoms with Crippen LogP contribution < -0.4 is 37.3 Å². The van der Waals surface area contributed by atoms with Crippen molar-refractivity contribution in [3.05, 3.63) is 86.7 Å². The van der Waals surface area contributed by atoms with Crippen LogP contribution in [0.1, 0.15) is 115 Å². The number of primary amides is 1. The Balaban J connectivity index is 0.982. The number of urea groups is 1. The fourth-order valence-corrected chi connectivity index (χ4v) is 17.0. The minimum absolute atomic E-state index is 0.0184. The number of hydrogen-bond donors (Lipinski definition) is 6. The molecule has 0 unspecified atom stereocenters. The van der Waals surface area contributed by atoms with E-state index in [-0.39, 0.29) is 135 Å². The number of pyridine rings is 2. The maximum atomic E-state index is 13.7. The number of benzene rings is 2. The number of ether oxygens (including phenoxy) is 3. The van der Waals surface area contributed by atoms with Gasteiger partial charge in [0.05, 0.1) is 29.0 Å². The molecule has 24 heteroatoms. The van der Waals surface area contributed by atoms with Gasteiger partial charge in [-0.3, -0.25) is 4.79 Å². The zero-order chi connectivity index (χ0) is 59.5. The number of cyclic esters (lactones) is 1. The van der Waals surface area contributed by atoms with Crippen LogP contribution in [0, 0.1) is 11.8 Å². The van der Waals surface area contributed by atoms with Crippen LogP contribution in [0.15, 0.2) is 53.3 Å². The van der Waals surface area contributed by atoms with Crippen molar-refractivity contribution in [2.75, 3.05) is 39.0 Å². The summed E-state index contributed by atoms with van der Waals surface area (Å²) >= 11 is 0.368. The van der Waals surface area contributed by atoms with Crippen LogP contribution >= 0.6 is 0 Å². The molecule has 0 saturated carbocycles. The number of nitrogens with one attached hydrogen (secondary N) is 4. The molecule has 7 amide bonds.